The van der Waals surface area contributed by atoms with Crippen molar-refractivity contribution in [3.63, 3.8) is 0 Å². The Kier molecular flexibility index (Phi) is 5.68. The molecule has 0 spiro atoms. The van der Waals surface area contributed by atoms with Crippen LogP contribution in [0.3, 0.4) is 0 Å². The van der Waals surface area contributed by atoms with Crippen LogP contribution in [0.25, 0.3) is 0 Å². The van der Waals surface area contributed by atoms with Gasteiger partial charge in [0.05, 0.1) is 0 Å². The molecule has 2 fully saturated rings. The second-order valence-corrected chi connectivity index (χ2v) is 8.99. The highest BCUT2D eigenvalue weighted by molar-refractivity contribution is 7.87. The topological polar surface area (TPSA) is 61.4 Å². The largest absolute Gasteiger partial charge is 0.312 e. The van der Waals surface area contributed by atoms with Gasteiger partial charge in [0.2, 0.25) is 0 Å². The second-order valence-electron chi connectivity index (χ2n) is 7.29. The number of hydrogen-bond donors (Lipinski definition) is 2. The quantitative estimate of drug-likeness (QED) is 0.718. The van der Waals surface area contributed by atoms with Crippen LogP contribution in [-0.2, 0) is 10.2 Å². The Morgan fingerprint density at radius 1 is 1.19 bits per heavy atom. The molecule has 0 amide bonds. The van der Waals surface area contributed by atoms with E-state index >= 15 is 0 Å². The zero-order valence-corrected chi connectivity index (χ0v) is 14.5. The van der Waals surface area contributed by atoms with Gasteiger partial charge in [-0.15, -0.1) is 0 Å². The third-order valence-corrected chi connectivity index (χ3v) is 6.40. The van der Waals surface area contributed by atoms with E-state index in [4.69, 9.17) is 0 Å². The highest BCUT2D eigenvalue weighted by atomic mass is 32.2. The third kappa shape index (κ3) is 5.20. The molecule has 1 aliphatic carbocycles. The summed E-state index contributed by atoms with van der Waals surface area (Å²) in [4.78, 5) is 0. The first-order valence-electron chi connectivity index (χ1n) is 8.34. The van der Waals surface area contributed by atoms with Gasteiger partial charge in [-0.3, -0.25) is 0 Å². The van der Waals surface area contributed by atoms with Crippen molar-refractivity contribution in [1.82, 2.24) is 14.3 Å². The smallest absolute Gasteiger partial charge is 0.279 e. The fraction of sp³-hybridized carbons (Fsp3) is 1.00. The fourth-order valence-corrected chi connectivity index (χ4v) is 4.26. The summed E-state index contributed by atoms with van der Waals surface area (Å²) in [6.45, 7) is 8.24. The molecular formula is C15H31N3O2S. The molecule has 0 aromatic heterocycles. The van der Waals surface area contributed by atoms with Crippen molar-refractivity contribution in [2.45, 2.75) is 71.4 Å². The molecule has 1 heterocycles. The van der Waals surface area contributed by atoms with Crippen molar-refractivity contribution >= 4 is 10.2 Å². The monoisotopic (exact) mass is 317 g/mol. The predicted octanol–water partition coefficient (Wildman–Crippen LogP) is 1.86. The first kappa shape index (κ1) is 17.2. The molecule has 0 aromatic carbocycles. The normalized spacial score (nSPS) is 25.2. The van der Waals surface area contributed by atoms with Gasteiger partial charge in [0.1, 0.15) is 0 Å². The van der Waals surface area contributed by atoms with E-state index in [0.717, 1.165) is 32.2 Å². The summed E-state index contributed by atoms with van der Waals surface area (Å²) in [6, 6.07) is 0.741. The van der Waals surface area contributed by atoms with Crippen molar-refractivity contribution in [2.24, 2.45) is 5.41 Å². The van der Waals surface area contributed by atoms with Crippen molar-refractivity contribution in [3.8, 4) is 0 Å². The molecule has 2 N–H and O–H groups in total. The maximum Gasteiger partial charge on any atom is 0.279 e. The minimum atomic E-state index is -3.36. The van der Waals surface area contributed by atoms with E-state index in [1.807, 2.05) is 0 Å². The van der Waals surface area contributed by atoms with Crippen molar-refractivity contribution in [2.75, 3.05) is 19.6 Å². The predicted molar refractivity (Wildman–Crippen MR) is 86.4 cm³/mol. The number of rotatable bonds is 8. The van der Waals surface area contributed by atoms with Gasteiger partial charge >= 0.3 is 0 Å². The van der Waals surface area contributed by atoms with Crippen LogP contribution in [-0.4, -0.2) is 44.4 Å². The summed E-state index contributed by atoms with van der Waals surface area (Å²) in [5.41, 5.74) is 0.00458. The molecule has 2 rings (SSSR count). The van der Waals surface area contributed by atoms with Gasteiger partial charge in [-0.1, -0.05) is 27.2 Å². The maximum atomic E-state index is 12.6. The van der Waals surface area contributed by atoms with Crippen LogP contribution in [0.5, 0.6) is 0 Å². The van der Waals surface area contributed by atoms with Gasteiger partial charge in [0.15, 0.2) is 0 Å². The summed E-state index contributed by atoms with van der Waals surface area (Å²) in [5.74, 6) is 0. The van der Waals surface area contributed by atoms with Crippen molar-refractivity contribution in [3.05, 3.63) is 0 Å². The van der Waals surface area contributed by atoms with Crippen molar-refractivity contribution in [1.29, 1.82) is 0 Å². The molecule has 0 aromatic rings. The van der Waals surface area contributed by atoms with Gasteiger partial charge < -0.3 is 5.32 Å². The Morgan fingerprint density at radius 3 is 2.52 bits per heavy atom. The number of nitrogens with zero attached hydrogens (tertiary/aromatic N) is 1. The maximum absolute atomic E-state index is 12.6. The standard InChI is InChI=1S/C15H31N3O2S/c1-4-15(2,3)12-17-21(19,20)18-10-6-5-7-14(18)11-16-13-8-9-13/h13-14,16-17H,4-12H2,1-3H3. The number of hydrogen-bond acceptors (Lipinski definition) is 3. The van der Waals surface area contributed by atoms with Crippen LogP contribution >= 0.6 is 0 Å². The average Bonchev–Trinajstić information content (AvgIpc) is 3.28. The third-order valence-electron chi connectivity index (χ3n) is 4.79. The summed E-state index contributed by atoms with van der Waals surface area (Å²) in [6.07, 6.45) is 6.51. The minimum Gasteiger partial charge on any atom is -0.312 e. The Hall–Kier alpha value is -0.170. The molecule has 1 atom stereocenters. The van der Waals surface area contributed by atoms with E-state index in [1.165, 1.54) is 12.8 Å². The van der Waals surface area contributed by atoms with Crippen LogP contribution in [0, 0.1) is 5.41 Å². The van der Waals surface area contributed by atoms with Crippen LogP contribution in [0.15, 0.2) is 0 Å². The first-order valence-corrected chi connectivity index (χ1v) is 9.78. The summed E-state index contributed by atoms with van der Waals surface area (Å²) < 4.78 is 29.7. The summed E-state index contributed by atoms with van der Waals surface area (Å²) in [5, 5.41) is 3.48. The average molecular weight is 317 g/mol. The lowest BCUT2D eigenvalue weighted by Crippen LogP contribution is -2.53. The molecule has 1 unspecified atom stereocenters. The first-order chi connectivity index (χ1) is 9.84. The Bertz CT molecular complexity index is 432. The Labute approximate surface area is 130 Å². The van der Waals surface area contributed by atoms with E-state index in [0.29, 0.717) is 19.1 Å². The molecule has 6 heteroatoms. The Morgan fingerprint density at radius 2 is 1.90 bits per heavy atom. The van der Waals surface area contributed by atoms with Gasteiger partial charge in [0.25, 0.3) is 10.2 Å². The minimum absolute atomic E-state index is 0.00458. The summed E-state index contributed by atoms with van der Waals surface area (Å²) in [7, 11) is -3.36. The zero-order valence-electron chi connectivity index (χ0n) is 13.7. The lowest BCUT2D eigenvalue weighted by Gasteiger charge is -2.35. The van der Waals surface area contributed by atoms with E-state index in [2.05, 4.69) is 30.8 Å². The molecular weight excluding hydrogens is 286 g/mol. The molecule has 0 bridgehead atoms. The second kappa shape index (κ2) is 6.94. The van der Waals surface area contributed by atoms with Gasteiger partial charge in [-0.2, -0.15) is 12.7 Å². The number of piperidine rings is 1. The molecule has 21 heavy (non-hydrogen) atoms. The van der Waals surface area contributed by atoms with E-state index in [1.54, 1.807) is 4.31 Å². The lowest BCUT2D eigenvalue weighted by atomic mass is 9.91. The molecule has 2 aliphatic rings. The van der Waals surface area contributed by atoms with E-state index in [-0.39, 0.29) is 11.5 Å². The van der Waals surface area contributed by atoms with Gasteiger partial charge in [-0.05, 0) is 37.5 Å². The molecule has 0 radical (unpaired) electrons. The van der Waals surface area contributed by atoms with Gasteiger partial charge in [0, 0.05) is 31.7 Å². The Balaban J connectivity index is 1.93. The van der Waals surface area contributed by atoms with Crippen LogP contribution < -0.4 is 10.0 Å². The lowest BCUT2D eigenvalue weighted by molar-refractivity contribution is 0.239. The molecule has 5 nitrogen and oxygen atoms in total. The summed E-state index contributed by atoms with van der Waals surface area (Å²) >= 11 is 0. The van der Waals surface area contributed by atoms with E-state index in [9.17, 15) is 8.42 Å². The van der Waals surface area contributed by atoms with Crippen LogP contribution in [0.2, 0.25) is 0 Å². The molecule has 1 saturated heterocycles. The number of nitrogens with one attached hydrogen (secondary N) is 2. The van der Waals surface area contributed by atoms with Gasteiger partial charge in [-0.25, -0.2) is 4.72 Å². The zero-order chi connectivity index (χ0) is 15.5. The molecule has 1 saturated carbocycles. The van der Waals surface area contributed by atoms with Crippen LogP contribution in [0.4, 0.5) is 0 Å². The van der Waals surface area contributed by atoms with Crippen LogP contribution in [0.1, 0.15) is 59.3 Å². The SMILES string of the molecule is CCC(C)(C)CNS(=O)(=O)N1CCCCC1CNC1CC1. The molecule has 1 aliphatic heterocycles. The van der Waals surface area contributed by atoms with Crippen molar-refractivity contribution < 1.29 is 8.42 Å². The fourth-order valence-electron chi connectivity index (χ4n) is 2.58. The highest BCUT2D eigenvalue weighted by Crippen LogP contribution is 2.24. The highest BCUT2D eigenvalue weighted by Gasteiger charge is 2.34. The van der Waals surface area contributed by atoms with E-state index < -0.39 is 10.2 Å². The molecule has 124 valence electrons.